The quantitative estimate of drug-likeness (QED) is 0.734. The van der Waals surface area contributed by atoms with Crippen LogP contribution < -0.4 is 10.5 Å². The van der Waals surface area contributed by atoms with Gasteiger partial charge in [-0.05, 0) is 25.0 Å². The van der Waals surface area contributed by atoms with Crippen LogP contribution in [0, 0.1) is 0 Å². The summed E-state index contributed by atoms with van der Waals surface area (Å²) in [7, 11) is 0. The first kappa shape index (κ1) is 8.38. The molecule has 0 spiro atoms. The maximum absolute atomic E-state index is 9.19. The molecule has 3 nitrogen and oxygen atoms in total. The third-order valence-corrected chi connectivity index (χ3v) is 2.33. The zero-order chi connectivity index (χ0) is 9.31. The molecule has 1 aromatic carbocycles. The number of ether oxygens (including phenoxy) is 1. The molecule has 0 aliphatic heterocycles. The van der Waals surface area contributed by atoms with Crippen molar-refractivity contribution in [3.8, 4) is 11.5 Å². The van der Waals surface area contributed by atoms with E-state index < -0.39 is 0 Å². The molecule has 1 fully saturated rings. The Balaban J connectivity index is 2.09. The van der Waals surface area contributed by atoms with Gasteiger partial charge in [-0.25, -0.2) is 0 Å². The third-order valence-electron chi connectivity index (χ3n) is 2.33. The van der Waals surface area contributed by atoms with E-state index >= 15 is 0 Å². The zero-order valence-corrected chi connectivity index (χ0v) is 7.36. The minimum Gasteiger partial charge on any atom is -0.508 e. The lowest BCUT2D eigenvalue weighted by molar-refractivity contribution is 0.187. The molecule has 0 heterocycles. The highest BCUT2D eigenvalue weighted by molar-refractivity contribution is 5.32. The van der Waals surface area contributed by atoms with E-state index in [1.807, 2.05) is 6.07 Å². The molecule has 0 bridgehead atoms. The van der Waals surface area contributed by atoms with Crippen molar-refractivity contribution in [1.29, 1.82) is 0 Å². The highest BCUT2D eigenvalue weighted by atomic mass is 16.5. The molecular formula is C10H13NO2. The SMILES string of the molecule is NCC1(Oc2cccc(O)c2)CC1. The van der Waals surface area contributed by atoms with Crippen molar-refractivity contribution in [3.05, 3.63) is 24.3 Å². The van der Waals surface area contributed by atoms with Gasteiger partial charge in [0.25, 0.3) is 0 Å². The lowest BCUT2D eigenvalue weighted by atomic mass is 10.3. The highest BCUT2D eigenvalue weighted by Gasteiger charge is 2.44. The van der Waals surface area contributed by atoms with E-state index in [-0.39, 0.29) is 11.4 Å². The first-order valence-corrected chi connectivity index (χ1v) is 4.42. The Labute approximate surface area is 77.1 Å². The van der Waals surface area contributed by atoms with Gasteiger partial charge in [-0.2, -0.15) is 0 Å². The number of aromatic hydroxyl groups is 1. The van der Waals surface area contributed by atoms with Crippen LogP contribution in [-0.4, -0.2) is 17.3 Å². The summed E-state index contributed by atoms with van der Waals surface area (Å²) in [4.78, 5) is 0. The van der Waals surface area contributed by atoms with Gasteiger partial charge in [-0.1, -0.05) is 6.07 Å². The van der Waals surface area contributed by atoms with E-state index in [4.69, 9.17) is 10.5 Å². The molecule has 0 unspecified atom stereocenters. The fourth-order valence-electron chi connectivity index (χ4n) is 1.28. The molecule has 0 radical (unpaired) electrons. The molecule has 1 aliphatic carbocycles. The largest absolute Gasteiger partial charge is 0.508 e. The maximum Gasteiger partial charge on any atom is 0.123 e. The Hall–Kier alpha value is -1.22. The number of hydrogen-bond donors (Lipinski definition) is 2. The minimum absolute atomic E-state index is 0.145. The van der Waals surface area contributed by atoms with E-state index in [9.17, 15) is 5.11 Å². The van der Waals surface area contributed by atoms with Crippen LogP contribution in [0.3, 0.4) is 0 Å². The summed E-state index contributed by atoms with van der Waals surface area (Å²) >= 11 is 0. The summed E-state index contributed by atoms with van der Waals surface area (Å²) < 4.78 is 5.66. The first-order chi connectivity index (χ1) is 6.24. The molecule has 3 N–H and O–H groups in total. The first-order valence-electron chi connectivity index (χ1n) is 4.42. The summed E-state index contributed by atoms with van der Waals surface area (Å²) in [5, 5.41) is 9.19. The summed E-state index contributed by atoms with van der Waals surface area (Å²) in [6.07, 6.45) is 2.03. The maximum atomic E-state index is 9.19. The Morgan fingerprint density at radius 3 is 2.77 bits per heavy atom. The summed E-state index contributed by atoms with van der Waals surface area (Å²) in [6.45, 7) is 0.544. The lowest BCUT2D eigenvalue weighted by Gasteiger charge is -2.15. The number of phenolic OH excluding ortho intramolecular Hbond substituents is 1. The molecule has 0 aromatic heterocycles. The standard InChI is InChI=1S/C10H13NO2/c11-7-10(4-5-10)13-9-3-1-2-8(12)6-9/h1-3,6,12H,4-5,7,11H2. The Bertz CT molecular complexity index is 308. The molecule has 0 amide bonds. The van der Waals surface area contributed by atoms with Gasteiger partial charge >= 0.3 is 0 Å². The molecule has 0 saturated heterocycles. The second-order valence-corrected chi connectivity index (χ2v) is 3.49. The Kier molecular flexibility index (Phi) is 1.88. The van der Waals surface area contributed by atoms with Crippen LogP contribution in [0.25, 0.3) is 0 Å². The number of benzene rings is 1. The van der Waals surface area contributed by atoms with Crippen molar-refractivity contribution in [1.82, 2.24) is 0 Å². The predicted molar refractivity (Wildman–Crippen MR) is 49.8 cm³/mol. The van der Waals surface area contributed by atoms with Gasteiger partial charge in [-0.15, -0.1) is 0 Å². The van der Waals surface area contributed by atoms with Crippen molar-refractivity contribution >= 4 is 0 Å². The molecule has 2 rings (SSSR count). The number of rotatable bonds is 3. The average Bonchev–Trinajstić information content (AvgIpc) is 2.86. The van der Waals surface area contributed by atoms with Crippen LogP contribution in [0.1, 0.15) is 12.8 Å². The van der Waals surface area contributed by atoms with E-state index in [2.05, 4.69) is 0 Å². The van der Waals surface area contributed by atoms with Gasteiger partial charge < -0.3 is 15.6 Å². The second-order valence-electron chi connectivity index (χ2n) is 3.49. The zero-order valence-electron chi connectivity index (χ0n) is 7.36. The topological polar surface area (TPSA) is 55.5 Å². The van der Waals surface area contributed by atoms with Crippen LogP contribution in [0.15, 0.2) is 24.3 Å². The molecule has 1 saturated carbocycles. The van der Waals surface area contributed by atoms with Crippen LogP contribution in [0.2, 0.25) is 0 Å². The second kappa shape index (κ2) is 2.92. The fraction of sp³-hybridized carbons (Fsp3) is 0.400. The summed E-state index contributed by atoms with van der Waals surface area (Å²) in [5.41, 5.74) is 5.42. The van der Waals surface area contributed by atoms with Crippen molar-refractivity contribution < 1.29 is 9.84 Å². The van der Waals surface area contributed by atoms with Gasteiger partial charge in [0.2, 0.25) is 0 Å². The lowest BCUT2D eigenvalue weighted by Crippen LogP contribution is -2.28. The van der Waals surface area contributed by atoms with Gasteiger partial charge in [0.05, 0.1) is 0 Å². The van der Waals surface area contributed by atoms with Crippen molar-refractivity contribution in [3.63, 3.8) is 0 Å². The summed E-state index contributed by atoms with van der Waals surface area (Å²) in [6, 6.07) is 6.82. The number of nitrogens with two attached hydrogens (primary N) is 1. The third kappa shape index (κ3) is 1.75. The van der Waals surface area contributed by atoms with Crippen LogP contribution in [0.5, 0.6) is 11.5 Å². The normalized spacial score (nSPS) is 18.2. The van der Waals surface area contributed by atoms with E-state index in [0.29, 0.717) is 12.3 Å². The Morgan fingerprint density at radius 1 is 1.46 bits per heavy atom. The van der Waals surface area contributed by atoms with Gasteiger partial charge in [0.15, 0.2) is 0 Å². The van der Waals surface area contributed by atoms with E-state index in [0.717, 1.165) is 12.8 Å². The van der Waals surface area contributed by atoms with E-state index in [1.54, 1.807) is 18.2 Å². The van der Waals surface area contributed by atoms with Crippen molar-refractivity contribution in [2.24, 2.45) is 5.73 Å². The molecule has 1 aromatic rings. The van der Waals surface area contributed by atoms with Gasteiger partial charge in [-0.3, -0.25) is 0 Å². The number of hydrogen-bond acceptors (Lipinski definition) is 3. The molecule has 3 heteroatoms. The molecule has 0 atom stereocenters. The van der Waals surface area contributed by atoms with Crippen LogP contribution in [-0.2, 0) is 0 Å². The highest BCUT2D eigenvalue weighted by Crippen LogP contribution is 2.39. The monoisotopic (exact) mass is 179 g/mol. The molecule has 70 valence electrons. The smallest absolute Gasteiger partial charge is 0.123 e. The average molecular weight is 179 g/mol. The fourth-order valence-corrected chi connectivity index (χ4v) is 1.28. The van der Waals surface area contributed by atoms with Gasteiger partial charge in [0, 0.05) is 12.6 Å². The van der Waals surface area contributed by atoms with Gasteiger partial charge in [0.1, 0.15) is 17.1 Å². The Morgan fingerprint density at radius 2 is 2.23 bits per heavy atom. The minimum atomic E-state index is -0.145. The van der Waals surface area contributed by atoms with E-state index in [1.165, 1.54) is 0 Å². The summed E-state index contributed by atoms with van der Waals surface area (Å²) in [5.74, 6) is 0.924. The van der Waals surface area contributed by atoms with Crippen LogP contribution in [0.4, 0.5) is 0 Å². The molecular weight excluding hydrogens is 166 g/mol. The molecule has 13 heavy (non-hydrogen) atoms. The van der Waals surface area contributed by atoms with Crippen LogP contribution >= 0.6 is 0 Å². The van der Waals surface area contributed by atoms with Crippen molar-refractivity contribution in [2.75, 3.05) is 6.54 Å². The number of phenols is 1. The molecule has 1 aliphatic rings. The van der Waals surface area contributed by atoms with Crippen molar-refractivity contribution in [2.45, 2.75) is 18.4 Å². The predicted octanol–water partition coefficient (Wildman–Crippen LogP) is 1.26.